The van der Waals surface area contributed by atoms with E-state index in [1.54, 1.807) is 0 Å². The number of fused-ring (bicyclic) bond motifs is 7. The van der Waals surface area contributed by atoms with E-state index in [-0.39, 0.29) is 27.8 Å². The number of rotatable bonds is 1. The van der Waals surface area contributed by atoms with Gasteiger partial charge in [0.2, 0.25) is 0 Å². The third kappa shape index (κ3) is 2.81. The molecule has 5 fully saturated rings. The van der Waals surface area contributed by atoms with Crippen molar-refractivity contribution in [2.45, 2.75) is 119 Å². The Labute approximate surface area is 202 Å². The van der Waals surface area contributed by atoms with E-state index < -0.39 is 11.4 Å². The lowest BCUT2D eigenvalue weighted by atomic mass is 9.31. The minimum Gasteiger partial charge on any atom is -0.481 e. The molecule has 5 aliphatic rings. The van der Waals surface area contributed by atoms with Gasteiger partial charge in [-0.05, 0) is 121 Å². The Morgan fingerprint density at radius 3 is 2.12 bits per heavy atom. The van der Waals surface area contributed by atoms with Crippen molar-refractivity contribution >= 4 is 5.97 Å². The van der Waals surface area contributed by atoms with Crippen LogP contribution in [0.4, 0.5) is 0 Å². The highest BCUT2D eigenvalue weighted by Crippen LogP contribution is 2.77. The summed E-state index contributed by atoms with van der Waals surface area (Å²) >= 11 is 0. The average Bonchev–Trinajstić information content (AvgIpc) is 2.74. The smallest absolute Gasteiger partial charge is 0.309 e. The SMILES string of the molecule is C[C@@H]1[C@H]2[C@H]3CC[C@@H]4[C@@]5(C)CC[C@@H](O)C(C)(C)[C@@H]5CC[C@@]4(C)[C@]3(C)CC[C@@]2(C(=O)O)CC[C@H]1C. The largest absolute Gasteiger partial charge is 0.481 e. The maximum absolute atomic E-state index is 12.8. The summed E-state index contributed by atoms with van der Waals surface area (Å²) < 4.78 is 0. The molecular formula is C30H50O3. The van der Waals surface area contributed by atoms with E-state index in [4.69, 9.17) is 0 Å². The number of hydrogen-bond donors (Lipinski definition) is 2. The summed E-state index contributed by atoms with van der Waals surface area (Å²) in [6.07, 6.45) is 10.8. The molecule has 11 atom stereocenters. The Kier molecular flexibility index (Phi) is 5.29. The van der Waals surface area contributed by atoms with Crippen molar-refractivity contribution in [3.8, 4) is 0 Å². The zero-order chi connectivity index (χ0) is 24.2. The second-order valence-corrected chi connectivity index (χ2v) is 14.9. The third-order valence-corrected chi connectivity index (χ3v) is 14.0. The summed E-state index contributed by atoms with van der Waals surface area (Å²) in [6.45, 7) is 17.2. The van der Waals surface area contributed by atoms with Crippen LogP contribution in [-0.2, 0) is 4.79 Å². The molecule has 5 aliphatic carbocycles. The van der Waals surface area contributed by atoms with Gasteiger partial charge in [-0.25, -0.2) is 0 Å². The monoisotopic (exact) mass is 458 g/mol. The first kappa shape index (κ1) is 24.1. The molecule has 0 amide bonds. The van der Waals surface area contributed by atoms with Crippen molar-refractivity contribution < 1.29 is 15.0 Å². The zero-order valence-corrected chi connectivity index (χ0v) is 22.4. The van der Waals surface area contributed by atoms with Crippen LogP contribution >= 0.6 is 0 Å². The van der Waals surface area contributed by atoms with Crippen LogP contribution in [0.15, 0.2) is 0 Å². The predicted octanol–water partition coefficient (Wildman–Crippen LogP) is 7.17. The van der Waals surface area contributed by atoms with Gasteiger partial charge in [0.15, 0.2) is 0 Å². The first-order valence-corrected chi connectivity index (χ1v) is 14.2. The van der Waals surface area contributed by atoms with Gasteiger partial charge >= 0.3 is 5.97 Å². The van der Waals surface area contributed by atoms with Gasteiger partial charge in [-0.2, -0.15) is 0 Å². The quantitative estimate of drug-likeness (QED) is 0.438. The Morgan fingerprint density at radius 1 is 0.758 bits per heavy atom. The van der Waals surface area contributed by atoms with E-state index in [0.717, 1.165) is 38.5 Å². The molecule has 0 spiro atoms. The number of aliphatic hydroxyl groups excluding tert-OH is 1. The van der Waals surface area contributed by atoms with E-state index >= 15 is 0 Å². The van der Waals surface area contributed by atoms with Gasteiger partial charge < -0.3 is 10.2 Å². The van der Waals surface area contributed by atoms with E-state index in [9.17, 15) is 15.0 Å². The lowest BCUT2D eigenvalue weighted by molar-refractivity contribution is -0.258. The van der Waals surface area contributed by atoms with Crippen LogP contribution in [-0.4, -0.2) is 22.3 Å². The number of aliphatic hydroxyl groups is 1. The zero-order valence-electron chi connectivity index (χ0n) is 22.4. The van der Waals surface area contributed by atoms with Crippen molar-refractivity contribution in [1.29, 1.82) is 0 Å². The molecular weight excluding hydrogens is 408 g/mol. The second kappa shape index (κ2) is 7.23. The number of hydrogen-bond acceptors (Lipinski definition) is 2. The van der Waals surface area contributed by atoms with Crippen LogP contribution in [0.3, 0.4) is 0 Å². The Bertz CT molecular complexity index is 819. The first-order valence-electron chi connectivity index (χ1n) is 14.2. The fraction of sp³-hybridized carbons (Fsp3) is 0.967. The van der Waals surface area contributed by atoms with E-state index in [2.05, 4.69) is 48.5 Å². The lowest BCUT2D eigenvalue weighted by Gasteiger charge is -2.73. The van der Waals surface area contributed by atoms with Gasteiger partial charge in [-0.3, -0.25) is 4.79 Å². The van der Waals surface area contributed by atoms with E-state index in [0.29, 0.717) is 35.5 Å². The second-order valence-electron chi connectivity index (χ2n) is 14.9. The minimum absolute atomic E-state index is 0.00950. The topological polar surface area (TPSA) is 57.5 Å². The molecule has 3 heteroatoms. The van der Waals surface area contributed by atoms with Crippen molar-refractivity contribution in [3.05, 3.63) is 0 Å². The molecule has 188 valence electrons. The standard InChI is InChI=1S/C30H50O3/c1-18-10-15-30(25(32)33)17-16-28(6)20(24(30)19(18)2)8-9-22-27(5)13-12-23(31)26(3,4)21(27)11-14-29(22,28)7/h18-24,31H,8-17H2,1-7H3,(H,32,33)/t18-,19+,20-,21+,22-,23-,24+,27+,28-,29-,30+/m1/s1. The maximum atomic E-state index is 12.8. The fourth-order valence-electron chi connectivity index (χ4n) is 11.7. The number of carboxylic acids is 1. The van der Waals surface area contributed by atoms with Gasteiger partial charge in [0.25, 0.3) is 0 Å². The summed E-state index contributed by atoms with van der Waals surface area (Å²) in [5.41, 5.74) is 0.280. The highest BCUT2D eigenvalue weighted by molar-refractivity contribution is 5.75. The Hall–Kier alpha value is -0.570. The average molecular weight is 459 g/mol. The Morgan fingerprint density at radius 2 is 1.45 bits per heavy atom. The molecule has 0 unspecified atom stereocenters. The predicted molar refractivity (Wildman–Crippen MR) is 133 cm³/mol. The first-order chi connectivity index (χ1) is 15.3. The van der Waals surface area contributed by atoms with Crippen LogP contribution in [0.1, 0.15) is 113 Å². The summed E-state index contributed by atoms with van der Waals surface area (Å²) in [7, 11) is 0. The molecule has 0 bridgehead atoms. The van der Waals surface area contributed by atoms with Gasteiger partial charge in [0.05, 0.1) is 11.5 Å². The molecule has 0 radical (unpaired) electrons. The number of carboxylic acid groups (broad SMARTS) is 1. The van der Waals surface area contributed by atoms with Crippen LogP contribution in [0.2, 0.25) is 0 Å². The molecule has 5 saturated carbocycles. The summed E-state index contributed by atoms with van der Waals surface area (Å²) in [5, 5.41) is 21.5. The molecule has 0 aliphatic heterocycles. The van der Waals surface area contributed by atoms with Gasteiger partial charge in [-0.1, -0.05) is 48.5 Å². The van der Waals surface area contributed by atoms with Crippen molar-refractivity contribution in [2.75, 3.05) is 0 Å². The molecule has 2 N–H and O–H groups in total. The highest BCUT2D eigenvalue weighted by Gasteiger charge is 2.71. The maximum Gasteiger partial charge on any atom is 0.309 e. The third-order valence-electron chi connectivity index (χ3n) is 14.0. The summed E-state index contributed by atoms with van der Waals surface area (Å²) in [5.74, 6) is 2.75. The molecule has 0 aromatic carbocycles. The van der Waals surface area contributed by atoms with Gasteiger partial charge in [0.1, 0.15) is 0 Å². The number of carbonyl (C=O) groups is 1. The summed E-state index contributed by atoms with van der Waals surface area (Å²) in [4.78, 5) is 12.8. The van der Waals surface area contributed by atoms with Crippen molar-refractivity contribution in [3.63, 3.8) is 0 Å². The van der Waals surface area contributed by atoms with Gasteiger partial charge in [-0.15, -0.1) is 0 Å². The number of aliphatic carboxylic acids is 1. The normalized spacial score (nSPS) is 57.8. The highest BCUT2D eigenvalue weighted by atomic mass is 16.4. The van der Waals surface area contributed by atoms with E-state index in [1.807, 2.05) is 0 Å². The molecule has 5 rings (SSSR count). The molecule has 0 heterocycles. The van der Waals surface area contributed by atoms with Crippen molar-refractivity contribution in [2.24, 2.45) is 62.6 Å². The molecule has 0 aromatic heterocycles. The van der Waals surface area contributed by atoms with Crippen LogP contribution in [0, 0.1) is 62.6 Å². The van der Waals surface area contributed by atoms with Crippen molar-refractivity contribution in [1.82, 2.24) is 0 Å². The molecule has 0 aromatic rings. The molecule has 3 nitrogen and oxygen atoms in total. The van der Waals surface area contributed by atoms with Gasteiger partial charge in [0, 0.05) is 0 Å². The Balaban J connectivity index is 1.56. The minimum atomic E-state index is -0.501. The van der Waals surface area contributed by atoms with E-state index in [1.165, 1.54) is 25.7 Å². The lowest BCUT2D eigenvalue weighted by Crippen LogP contribution is -2.68. The van der Waals surface area contributed by atoms with Crippen LogP contribution in [0.25, 0.3) is 0 Å². The molecule has 33 heavy (non-hydrogen) atoms. The van der Waals surface area contributed by atoms with Crippen LogP contribution in [0.5, 0.6) is 0 Å². The summed E-state index contributed by atoms with van der Waals surface area (Å²) in [6, 6.07) is 0. The molecule has 0 saturated heterocycles. The van der Waals surface area contributed by atoms with Crippen LogP contribution < -0.4 is 0 Å². The fourth-order valence-corrected chi connectivity index (χ4v) is 11.7.